The fourth-order valence-corrected chi connectivity index (χ4v) is 3.86. The largest absolute Gasteiger partial charge is 0.365 e. The van der Waals surface area contributed by atoms with Crippen LogP contribution in [0.15, 0.2) is 47.2 Å². The predicted molar refractivity (Wildman–Crippen MR) is 110 cm³/mol. The molecule has 1 saturated heterocycles. The zero-order valence-corrected chi connectivity index (χ0v) is 16.8. The maximum Gasteiger partial charge on any atom is 0.257 e. The Morgan fingerprint density at radius 1 is 1.20 bits per heavy atom. The van der Waals surface area contributed by atoms with Gasteiger partial charge in [-0.25, -0.2) is 0 Å². The quantitative estimate of drug-likeness (QED) is 0.563. The number of pyridine rings is 1. The highest BCUT2D eigenvalue weighted by Gasteiger charge is 2.31. The topological polar surface area (TPSA) is 97.1 Å². The second-order valence-corrected chi connectivity index (χ2v) is 7.41. The number of hydrogen-bond donors (Lipinski definition) is 1. The van der Waals surface area contributed by atoms with Crippen molar-refractivity contribution >= 4 is 16.8 Å². The van der Waals surface area contributed by atoms with E-state index in [9.17, 15) is 4.79 Å². The third kappa shape index (κ3) is 3.15. The van der Waals surface area contributed by atoms with E-state index >= 15 is 0 Å². The fourth-order valence-electron chi connectivity index (χ4n) is 3.86. The maximum atomic E-state index is 13.4. The first-order valence-corrected chi connectivity index (χ1v) is 9.84. The highest BCUT2D eigenvalue weighted by Crippen LogP contribution is 2.28. The molecule has 5 rings (SSSR count). The average molecular weight is 403 g/mol. The number of nitrogens with zero attached hydrogens (tertiary/aromatic N) is 4. The van der Waals surface area contributed by atoms with Crippen molar-refractivity contribution in [3.05, 3.63) is 65.4 Å². The lowest BCUT2D eigenvalue weighted by atomic mass is 10.0. The standard InChI is InChI=1S/C22H21N5O3/c1-13-14(2)24-17-5-3-4-16(19(13)17)22(28)27-10-11-29-18(12-27)21-25-20(26-30-21)15-6-8-23-9-7-15/h3-9,18,24H,10-12H2,1-2H3. The summed E-state index contributed by atoms with van der Waals surface area (Å²) in [4.78, 5) is 27.0. The molecule has 1 aromatic carbocycles. The van der Waals surface area contributed by atoms with Crippen LogP contribution in [0, 0.1) is 13.8 Å². The molecular weight excluding hydrogens is 382 g/mol. The first-order chi connectivity index (χ1) is 14.6. The number of aromatic nitrogens is 4. The number of fused-ring (bicyclic) bond motifs is 1. The van der Waals surface area contributed by atoms with Crippen LogP contribution in [0.2, 0.25) is 0 Å². The van der Waals surface area contributed by atoms with Gasteiger partial charge in [-0.05, 0) is 43.7 Å². The van der Waals surface area contributed by atoms with Gasteiger partial charge in [0.25, 0.3) is 11.8 Å². The van der Waals surface area contributed by atoms with Gasteiger partial charge >= 0.3 is 0 Å². The normalized spacial score (nSPS) is 16.9. The number of ether oxygens (including phenoxy) is 1. The lowest BCUT2D eigenvalue weighted by Crippen LogP contribution is -2.42. The van der Waals surface area contributed by atoms with Gasteiger partial charge in [-0.1, -0.05) is 11.2 Å². The number of benzene rings is 1. The second kappa shape index (κ2) is 7.38. The van der Waals surface area contributed by atoms with Crippen molar-refractivity contribution < 1.29 is 14.1 Å². The van der Waals surface area contributed by atoms with E-state index in [1.54, 1.807) is 17.3 Å². The second-order valence-electron chi connectivity index (χ2n) is 7.41. The first-order valence-electron chi connectivity index (χ1n) is 9.84. The zero-order valence-electron chi connectivity index (χ0n) is 16.8. The van der Waals surface area contributed by atoms with E-state index in [-0.39, 0.29) is 5.91 Å². The Morgan fingerprint density at radius 3 is 2.87 bits per heavy atom. The first kappa shape index (κ1) is 18.5. The molecule has 152 valence electrons. The van der Waals surface area contributed by atoms with Crippen LogP contribution in [-0.2, 0) is 4.74 Å². The molecular formula is C22H21N5O3. The number of H-pyrrole nitrogens is 1. The van der Waals surface area contributed by atoms with Gasteiger partial charge < -0.3 is 19.1 Å². The summed E-state index contributed by atoms with van der Waals surface area (Å²) in [6, 6.07) is 9.40. The third-order valence-corrected chi connectivity index (χ3v) is 5.56. The predicted octanol–water partition coefficient (Wildman–Crippen LogP) is 3.44. The van der Waals surface area contributed by atoms with E-state index in [0.717, 1.165) is 27.7 Å². The number of nitrogens with one attached hydrogen (secondary N) is 1. The molecule has 1 amide bonds. The molecule has 8 heteroatoms. The minimum absolute atomic E-state index is 0.0233. The van der Waals surface area contributed by atoms with Crippen molar-refractivity contribution in [3.8, 4) is 11.4 Å². The van der Waals surface area contributed by atoms with E-state index in [2.05, 4.69) is 20.1 Å². The van der Waals surface area contributed by atoms with Crippen LogP contribution in [-0.4, -0.2) is 50.6 Å². The summed E-state index contributed by atoms with van der Waals surface area (Å²) in [5.74, 6) is 0.818. The molecule has 30 heavy (non-hydrogen) atoms. The van der Waals surface area contributed by atoms with Gasteiger partial charge in [-0.15, -0.1) is 0 Å². The van der Waals surface area contributed by atoms with Gasteiger partial charge in [0.1, 0.15) is 0 Å². The molecule has 1 aliphatic heterocycles. The fraction of sp³-hybridized carbons (Fsp3) is 0.273. The van der Waals surface area contributed by atoms with Crippen LogP contribution in [0.4, 0.5) is 0 Å². The number of carbonyl (C=O) groups excluding carboxylic acids is 1. The molecule has 1 N–H and O–H groups in total. The van der Waals surface area contributed by atoms with Crippen molar-refractivity contribution in [1.29, 1.82) is 0 Å². The molecule has 1 unspecified atom stereocenters. The minimum Gasteiger partial charge on any atom is -0.365 e. The summed E-state index contributed by atoms with van der Waals surface area (Å²) < 4.78 is 11.3. The van der Waals surface area contributed by atoms with Crippen molar-refractivity contribution in [2.75, 3.05) is 19.7 Å². The molecule has 0 bridgehead atoms. The molecule has 0 saturated carbocycles. The summed E-state index contributed by atoms with van der Waals surface area (Å²) in [7, 11) is 0. The number of hydrogen-bond acceptors (Lipinski definition) is 6. The molecule has 4 heterocycles. The zero-order chi connectivity index (χ0) is 20.7. The lowest BCUT2D eigenvalue weighted by molar-refractivity contribution is -0.0366. The highest BCUT2D eigenvalue weighted by molar-refractivity contribution is 6.08. The molecule has 1 fully saturated rings. The van der Waals surface area contributed by atoms with E-state index < -0.39 is 6.10 Å². The summed E-state index contributed by atoms with van der Waals surface area (Å²) in [6.45, 7) is 5.33. The summed E-state index contributed by atoms with van der Waals surface area (Å²) in [6.07, 6.45) is 2.89. The lowest BCUT2D eigenvalue weighted by Gasteiger charge is -2.31. The molecule has 4 aromatic rings. The van der Waals surface area contributed by atoms with E-state index in [1.807, 2.05) is 44.2 Å². The molecule has 8 nitrogen and oxygen atoms in total. The van der Waals surface area contributed by atoms with Crippen molar-refractivity contribution in [1.82, 2.24) is 25.0 Å². The number of aryl methyl sites for hydroxylation is 2. The molecule has 0 aliphatic carbocycles. The monoisotopic (exact) mass is 403 g/mol. The number of amides is 1. The molecule has 3 aromatic heterocycles. The third-order valence-electron chi connectivity index (χ3n) is 5.56. The summed E-state index contributed by atoms with van der Waals surface area (Å²) in [5.41, 5.74) is 4.64. The smallest absolute Gasteiger partial charge is 0.257 e. The Hall–Kier alpha value is -3.52. The number of morpholine rings is 1. The maximum absolute atomic E-state index is 13.4. The Labute approximate surface area is 172 Å². The molecule has 1 atom stereocenters. The Morgan fingerprint density at radius 2 is 2.03 bits per heavy atom. The molecule has 0 spiro atoms. The molecule has 0 radical (unpaired) electrons. The van der Waals surface area contributed by atoms with Gasteiger partial charge in [0.05, 0.1) is 13.2 Å². The minimum atomic E-state index is -0.459. The van der Waals surface area contributed by atoms with Crippen LogP contribution in [0.3, 0.4) is 0 Å². The van der Waals surface area contributed by atoms with Gasteiger partial charge in [-0.2, -0.15) is 4.98 Å². The number of aromatic amines is 1. The van der Waals surface area contributed by atoms with Crippen LogP contribution in [0.25, 0.3) is 22.3 Å². The van der Waals surface area contributed by atoms with Crippen LogP contribution in [0.1, 0.15) is 33.6 Å². The van der Waals surface area contributed by atoms with Crippen molar-refractivity contribution in [2.45, 2.75) is 20.0 Å². The molecule has 1 aliphatic rings. The van der Waals surface area contributed by atoms with Gasteiger partial charge in [0.15, 0.2) is 6.10 Å². The van der Waals surface area contributed by atoms with Crippen LogP contribution >= 0.6 is 0 Å². The van der Waals surface area contributed by atoms with Crippen molar-refractivity contribution in [2.24, 2.45) is 0 Å². The van der Waals surface area contributed by atoms with Gasteiger partial charge in [-0.3, -0.25) is 9.78 Å². The van der Waals surface area contributed by atoms with Gasteiger partial charge in [0, 0.05) is 46.7 Å². The Kier molecular flexibility index (Phi) is 4.55. The summed E-state index contributed by atoms with van der Waals surface area (Å²) >= 11 is 0. The van der Waals surface area contributed by atoms with E-state index in [4.69, 9.17) is 9.26 Å². The number of rotatable bonds is 3. The van der Waals surface area contributed by atoms with E-state index in [0.29, 0.717) is 37.0 Å². The van der Waals surface area contributed by atoms with Crippen molar-refractivity contribution in [3.63, 3.8) is 0 Å². The van der Waals surface area contributed by atoms with Crippen LogP contribution < -0.4 is 0 Å². The SMILES string of the molecule is Cc1[nH]c2cccc(C(=O)N3CCOC(c4nc(-c5ccncc5)no4)C3)c2c1C. The highest BCUT2D eigenvalue weighted by atomic mass is 16.5. The Balaban J connectivity index is 1.40. The van der Waals surface area contributed by atoms with Gasteiger partial charge in [0.2, 0.25) is 5.82 Å². The Bertz CT molecular complexity index is 1210. The van der Waals surface area contributed by atoms with Crippen LogP contribution in [0.5, 0.6) is 0 Å². The average Bonchev–Trinajstić information content (AvgIpc) is 3.39. The van der Waals surface area contributed by atoms with E-state index in [1.165, 1.54) is 0 Å². The number of carbonyl (C=O) groups is 1. The summed E-state index contributed by atoms with van der Waals surface area (Å²) in [5, 5.41) is 5.02.